The number of hydrogen-bond acceptors (Lipinski definition) is 2. The molecule has 100 valence electrons. The molecule has 0 aliphatic carbocycles. The van der Waals surface area contributed by atoms with Gasteiger partial charge in [0.1, 0.15) is 17.4 Å². The number of ether oxygens (including phenoxy) is 1. The molecule has 18 heavy (non-hydrogen) atoms. The highest BCUT2D eigenvalue weighted by Gasteiger charge is 2.19. The zero-order chi connectivity index (χ0) is 13.8. The van der Waals surface area contributed by atoms with E-state index >= 15 is 0 Å². The van der Waals surface area contributed by atoms with Gasteiger partial charge in [-0.25, -0.2) is 8.78 Å². The monoisotopic (exact) mass is 256 g/mol. The molecule has 0 amide bonds. The van der Waals surface area contributed by atoms with Crippen LogP contribution in [0.15, 0.2) is 18.2 Å². The summed E-state index contributed by atoms with van der Waals surface area (Å²) >= 11 is 0. The van der Waals surface area contributed by atoms with E-state index in [0.717, 1.165) is 12.1 Å². The van der Waals surface area contributed by atoms with Crippen LogP contribution in [0.2, 0.25) is 0 Å². The first kappa shape index (κ1) is 14.8. The van der Waals surface area contributed by atoms with E-state index in [4.69, 9.17) is 4.74 Å². The van der Waals surface area contributed by atoms with Crippen molar-refractivity contribution in [3.8, 4) is 0 Å². The summed E-state index contributed by atoms with van der Waals surface area (Å²) in [6.07, 6.45) is 0.561. The molecular weight excluding hydrogens is 238 g/mol. The van der Waals surface area contributed by atoms with Crippen LogP contribution in [0.4, 0.5) is 8.78 Å². The van der Waals surface area contributed by atoms with Crippen LogP contribution in [0.5, 0.6) is 0 Å². The van der Waals surface area contributed by atoms with Gasteiger partial charge in [-0.05, 0) is 32.4 Å². The summed E-state index contributed by atoms with van der Waals surface area (Å²) in [5.74, 6) is -1.53. The molecule has 0 N–H and O–H groups in total. The Balaban J connectivity index is 2.61. The maximum atomic E-state index is 13.3. The topological polar surface area (TPSA) is 26.3 Å². The molecule has 0 fully saturated rings. The van der Waals surface area contributed by atoms with Gasteiger partial charge < -0.3 is 4.74 Å². The number of methoxy groups -OCH3 is 1. The first-order chi connectivity index (χ1) is 8.35. The van der Waals surface area contributed by atoms with Crippen LogP contribution in [-0.4, -0.2) is 18.5 Å². The molecule has 0 aliphatic rings. The second kappa shape index (κ2) is 6.05. The van der Waals surface area contributed by atoms with E-state index in [9.17, 15) is 13.6 Å². The molecule has 0 unspecified atom stereocenters. The van der Waals surface area contributed by atoms with E-state index in [2.05, 4.69) is 0 Å². The lowest BCUT2D eigenvalue weighted by atomic mass is 9.97. The normalized spacial score (nSPS) is 11.6. The summed E-state index contributed by atoms with van der Waals surface area (Å²) < 4.78 is 31.9. The van der Waals surface area contributed by atoms with Crippen molar-refractivity contribution in [3.63, 3.8) is 0 Å². The van der Waals surface area contributed by atoms with Crippen molar-refractivity contribution in [3.05, 3.63) is 35.4 Å². The van der Waals surface area contributed by atoms with Crippen LogP contribution >= 0.6 is 0 Å². The van der Waals surface area contributed by atoms with Gasteiger partial charge in [0.2, 0.25) is 0 Å². The number of carbonyl (C=O) groups excluding carboxylic acids is 1. The van der Waals surface area contributed by atoms with Gasteiger partial charge in [0, 0.05) is 25.5 Å². The molecule has 2 nitrogen and oxygen atoms in total. The summed E-state index contributed by atoms with van der Waals surface area (Å²) in [7, 11) is 1.57. The molecule has 0 saturated heterocycles. The van der Waals surface area contributed by atoms with Crippen LogP contribution in [0.1, 0.15) is 32.3 Å². The molecule has 0 bridgehead atoms. The number of ketones is 1. The SMILES string of the molecule is COC(C)(C)CCC(=O)Cc1c(F)cccc1F. The molecule has 0 atom stereocenters. The summed E-state index contributed by atoms with van der Waals surface area (Å²) in [6.45, 7) is 3.73. The minimum Gasteiger partial charge on any atom is -0.379 e. The van der Waals surface area contributed by atoms with Gasteiger partial charge in [-0.2, -0.15) is 0 Å². The van der Waals surface area contributed by atoms with E-state index in [1.165, 1.54) is 6.07 Å². The fourth-order valence-corrected chi connectivity index (χ4v) is 1.53. The third kappa shape index (κ3) is 4.18. The van der Waals surface area contributed by atoms with E-state index in [1.807, 2.05) is 13.8 Å². The van der Waals surface area contributed by atoms with Crippen LogP contribution in [0.3, 0.4) is 0 Å². The summed E-state index contributed by atoms with van der Waals surface area (Å²) in [5, 5.41) is 0. The van der Waals surface area contributed by atoms with Crippen molar-refractivity contribution in [2.75, 3.05) is 7.11 Å². The Morgan fingerprint density at radius 1 is 1.28 bits per heavy atom. The van der Waals surface area contributed by atoms with Gasteiger partial charge in [0.25, 0.3) is 0 Å². The maximum absolute atomic E-state index is 13.3. The summed E-state index contributed by atoms with van der Waals surface area (Å²) in [6, 6.07) is 3.60. The second-order valence-corrected chi connectivity index (χ2v) is 4.88. The van der Waals surface area contributed by atoms with Gasteiger partial charge in [-0.15, -0.1) is 0 Å². The van der Waals surface area contributed by atoms with E-state index < -0.39 is 17.2 Å². The van der Waals surface area contributed by atoms with Crippen molar-refractivity contribution in [2.45, 2.75) is 38.7 Å². The molecule has 0 aliphatic heterocycles. The average molecular weight is 256 g/mol. The standard InChI is InChI=1S/C14H18F2O2/c1-14(2,18-3)8-7-10(17)9-11-12(15)5-4-6-13(11)16/h4-6H,7-9H2,1-3H3. The number of Topliss-reactive ketones (excluding diaryl/α,β-unsaturated/α-hetero) is 1. The van der Waals surface area contributed by atoms with E-state index in [1.54, 1.807) is 7.11 Å². The van der Waals surface area contributed by atoms with Crippen molar-refractivity contribution < 1.29 is 18.3 Å². The van der Waals surface area contributed by atoms with Gasteiger partial charge in [-0.3, -0.25) is 4.79 Å². The molecule has 0 aromatic heterocycles. The highest BCUT2D eigenvalue weighted by molar-refractivity contribution is 5.81. The third-order valence-corrected chi connectivity index (χ3v) is 2.99. The highest BCUT2D eigenvalue weighted by Crippen LogP contribution is 2.18. The summed E-state index contributed by atoms with van der Waals surface area (Å²) in [5.41, 5.74) is -0.554. The molecule has 0 radical (unpaired) electrons. The van der Waals surface area contributed by atoms with Gasteiger partial charge in [0.15, 0.2) is 0 Å². The molecule has 1 rings (SSSR count). The number of rotatable bonds is 6. The van der Waals surface area contributed by atoms with Gasteiger partial charge >= 0.3 is 0 Å². The lowest BCUT2D eigenvalue weighted by Crippen LogP contribution is -2.24. The lowest BCUT2D eigenvalue weighted by Gasteiger charge is -2.22. The first-order valence-electron chi connectivity index (χ1n) is 5.85. The van der Waals surface area contributed by atoms with E-state index in [-0.39, 0.29) is 24.2 Å². The smallest absolute Gasteiger partial charge is 0.137 e. The molecule has 0 heterocycles. The van der Waals surface area contributed by atoms with Crippen molar-refractivity contribution in [1.82, 2.24) is 0 Å². The van der Waals surface area contributed by atoms with E-state index in [0.29, 0.717) is 6.42 Å². The minimum absolute atomic E-state index is 0.155. The Hall–Kier alpha value is -1.29. The average Bonchev–Trinajstić information content (AvgIpc) is 2.32. The number of halogens is 2. The predicted molar refractivity (Wildman–Crippen MR) is 65.4 cm³/mol. The Kier molecular flexibility index (Phi) is 4.96. The predicted octanol–water partition coefficient (Wildman–Crippen LogP) is 3.28. The number of hydrogen-bond donors (Lipinski definition) is 0. The largest absolute Gasteiger partial charge is 0.379 e. The van der Waals surface area contributed by atoms with Crippen LogP contribution in [0, 0.1) is 11.6 Å². The summed E-state index contributed by atoms with van der Waals surface area (Å²) in [4.78, 5) is 11.7. The Bertz CT molecular complexity index is 408. The molecule has 4 heteroatoms. The minimum atomic E-state index is -0.672. The van der Waals surface area contributed by atoms with Gasteiger partial charge in [0.05, 0.1) is 5.60 Å². The van der Waals surface area contributed by atoms with Crippen LogP contribution < -0.4 is 0 Å². The Morgan fingerprint density at radius 3 is 2.33 bits per heavy atom. The zero-order valence-corrected chi connectivity index (χ0v) is 10.9. The van der Waals surface area contributed by atoms with Crippen molar-refractivity contribution in [2.24, 2.45) is 0 Å². The van der Waals surface area contributed by atoms with Crippen LogP contribution in [0.25, 0.3) is 0 Å². The second-order valence-electron chi connectivity index (χ2n) is 4.88. The molecule has 0 saturated carbocycles. The molecule has 1 aromatic carbocycles. The lowest BCUT2D eigenvalue weighted by molar-refractivity contribution is -0.119. The Labute approximate surface area is 106 Å². The first-order valence-corrected chi connectivity index (χ1v) is 5.85. The molecule has 1 aromatic rings. The number of carbonyl (C=O) groups is 1. The fraction of sp³-hybridized carbons (Fsp3) is 0.500. The van der Waals surface area contributed by atoms with Crippen molar-refractivity contribution >= 4 is 5.78 Å². The third-order valence-electron chi connectivity index (χ3n) is 2.99. The van der Waals surface area contributed by atoms with Crippen molar-refractivity contribution in [1.29, 1.82) is 0 Å². The molecule has 0 spiro atoms. The molecular formula is C14H18F2O2. The van der Waals surface area contributed by atoms with Gasteiger partial charge in [-0.1, -0.05) is 6.07 Å². The maximum Gasteiger partial charge on any atom is 0.137 e. The number of benzene rings is 1. The fourth-order valence-electron chi connectivity index (χ4n) is 1.53. The Morgan fingerprint density at radius 2 is 1.83 bits per heavy atom. The zero-order valence-electron chi connectivity index (χ0n) is 10.9. The quantitative estimate of drug-likeness (QED) is 0.780. The highest BCUT2D eigenvalue weighted by atomic mass is 19.1. The van der Waals surface area contributed by atoms with Crippen LogP contribution in [-0.2, 0) is 16.0 Å².